The molecule has 2 rings (SSSR count). The molecule has 1 aromatic heterocycles. The number of rotatable bonds is 1. The summed E-state index contributed by atoms with van der Waals surface area (Å²) in [6.07, 6.45) is 0. The lowest BCUT2D eigenvalue weighted by molar-refractivity contribution is 0.630. The minimum absolute atomic E-state index is 0.280. The van der Waals surface area contributed by atoms with E-state index in [0.29, 0.717) is 21.8 Å². The maximum absolute atomic E-state index is 13.8. The van der Waals surface area contributed by atoms with Crippen molar-refractivity contribution in [1.82, 2.24) is 0 Å². The molecule has 0 amide bonds. The fourth-order valence-corrected chi connectivity index (χ4v) is 2.63. The molecule has 0 aliphatic heterocycles. The van der Waals surface area contributed by atoms with Crippen molar-refractivity contribution in [3.63, 3.8) is 0 Å². The quantitative estimate of drug-likeness (QED) is 0.723. The van der Waals surface area contributed by atoms with Crippen molar-refractivity contribution in [2.24, 2.45) is 0 Å². The zero-order valence-electron chi connectivity index (χ0n) is 7.05. The minimum atomic E-state index is -0.280. The number of alkyl halides is 1. The van der Waals surface area contributed by atoms with Crippen LogP contribution in [0.3, 0.4) is 0 Å². The lowest BCUT2D eigenvalue weighted by Gasteiger charge is -1.99. The summed E-state index contributed by atoms with van der Waals surface area (Å²) >= 11 is 4.60. The number of benzene rings is 1. The van der Waals surface area contributed by atoms with Crippen LogP contribution in [0.15, 0.2) is 17.5 Å². The van der Waals surface area contributed by atoms with Crippen LogP contribution < -0.4 is 0 Å². The molecule has 70 valence electrons. The largest absolute Gasteiger partial charge is 0.206 e. The highest BCUT2D eigenvalue weighted by atomic mass is 79.9. The van der Waals surface area contributed by atoms with Crippen molar-refractivity contribution in [2.45, 2.75) is 5.33 Å². The third kappa shape index (κ3) is 1.33. The van der Waals surface area contributed by atoms with Crippen LogP contribution in [0.5, 0.6) is 0 Å². The Balaban J connectivity index is 2.85. The van der Waals surface area contributed by atoms with E-state index in [1.165, 1.54) is 11.3 Å². The Hall–Kier alpha value is -0.920. The van der Waals surface area contributed by atoms with Crippen molar-refractivity contribution in [3.05, 3.63) is 34.5 Å². The first kappa shape index (κ1) is 9.63. The summed E-state index contributed by atoms with van der Waals surface area (Å²) in [5, 5.41) is 11.4. The molecule has 1 aromatic carbocycles. The molecule has 4 heteroatoms. The van der Waals surface area contributed by atoms with E-state index in [2.05, 4.69) is 15.9 Å². The smallest absolute Gasteiger partial charge is 0.137 e. The van der Waals surface area contributed by atoms with Crippen LogP contribution in [0, 0.1) is 17.1 Å². The van der Waals surface area contributed by atoms with Crippen LogP contribution in [-0.2, 0) is 5.33 Å². The number of fused-ring (bicyclic) bond motifs is 1. The second-order valence-electron chi connectivity index (χ2n) is 2.81. The fourth-order valence-electron chi connectivity index (χ4n) is 1.32. The number of thiophene rings is 1. The highest BCUT2D eigenvalue weighted by Crippen LogP contribution is 2.30. The van der Waals surface area contributed by atoms with Gasteiger partial charge in [-0.2, -0.15) is 5.26 Å². The number of hydrogen-bond donors (Lipinski definition) is 0. The molecule has 0 saturated heterocycles. The van der Waals surface area contributed by atoms with Gasteiger partial charge in [-0.25, -0.2) is 4.39 Å². The summed E-state index contributed by atoms with van der Waals surface area (Å²) in [5.74, 6) is -0.280. The molecule has 0 aliphatic carbocycles. The maximum Gasteiger partial charge on any atom is 0.137 e. The summed E-state index contributed by atoms with van der Waals surface area (Å²) in [4.78, 5) is 0. The van der Waals surface area contributed by atoms with Gasteiger partial charge in [-0.05, 0) is 11.6 Å². The van der Waals surface area contributed by atoms with Gasteiger partial charge < -0.3 is 0 Å². The molecule has 1 heterocycles. The van der Waals surface area contributed by atoms with Crippen molar-refractivity contribution < 1.29 is 4.39 Å². The first-order valence-corrected chi connectivity index (χ1v) is 5.92. The Morgan fingerprint density at radius 2 is 2.29 bits per heavy atom. The molecule has 0 fully saturated rings. The number of halogens is 2. The molecule has 0 radical (unpaired) electrons. The first-order valence-electron chi connectivity index (χ1n) is 3.92. The van der Waals surface area contributed by atoms with Crippen LogP contribution in [0.25, 0.3) is 10.1 Å². The SMILES string of the molecule is N#Cc1csc2ccc(CBr)c(F)c12. The normalized spacial score (nSPS) is 10.4. The minimum Gasteiger partial charge on any atom is -0.206 e. The Bertz CT molecular complexity index is 527. The van der Waals surface area contributed by atoms with Gasteiger partial charge in [0.2, 0.25) is 0 Å². The molecular weight excluding hydrogens is 265 g/mol. The molecule has 0 bridgehead atoms. The zero-order valence-corrected chi connectivity index (χ0v) is 9.45. The summed E-state index contributed by atoms with van der Waals surface area (Å²) in [7, 11) is 0. The Labute approximate surface area is 92.9 Å². The van der Waals surface area contributed by atoms with E-state index >= 15 is 0 Å². The predicted molar refractivity (Wildman–Crippen MR) is 59.1 cm³/mol. The summed E-state index contributed by atoms with van der Waals surface area (Å²) in [5.41, 5.74) is 1.01. The standard InChI is InChI=1S/C10H5BrFNS/c11-3-6-1-2-8-9(10(6)12)7(4-13)5-14-8/h1-2,5H,3H2. The lowest BCUT2D eigenvalue weighted by Crippen LogP contribution is -1.86. The van der Waals surface area contributed by atoms with Crippen LogP contribution in [0.2, 0.25) is 0 Å². The van der Waals surface area contributed by atoms with Gasteiger partial charge in [0.05, 0.1) is 5.56 Å². The average Bonchev–Trinajstić information content (AvgIpc) is 2.62. The van der Waals surface area contributed by atoms with Crippen LogP contribution >= 0.6 is 27.3 Å². The molecular formula is C10H5BrFNS. The van der Waals surface area contributed by atoms with E-state index in [1.54, 1.807) is 11.4 Å². The number of nitriles is 1. The summed E-state index contributed by atoms with van der Waals surface area (Å²) in [6, 6.07) is 5.59. The van der Waals surface area contributed by atoms with E-state index in [9.17, 15) is 4.39 Å². The van der Waals surface area contributed by atoms with Gasteiger partial charge in [0.15, 0.2) is 0 Å². The van der Waals surface area contributed by atoms with Gasteiger partial charge >= 0.3 is 0 Å². The highest BCUT2D eigenvalue weighted by molar-refractivity contribution is 9.08. The summed E-state index contributed by atoms with van der Waals surface area (Å²) in [6.45, 7) is 0. The predicted octanol–water partition coefficient (Wildman–Crippen LogP) is 3.81. The maximum atomic E-state index is 13.8. The molecule has 0 saturated carbocycles. The summed E-state index contributed by atoms with van der Waals surface area (Å²) < 4.78 is 14.6. The van der Waals surface area contributed by atoms with E-state index in [4.69, 9.17) is 5.26 Å². The Morgan fingerprint density at radius 3 is 2.93 bits per heavy atom. The zero-order chi connectivity index (χ0) is 10.1. The van der Waals surface area contributed by atoms with E-state index in [-0.39, 0.29) is 5.82 Å². The molecule has 2 aromatic rings. The highest BCUT2D eigenvalue weighted by Gasteiger charge is 2.11. The van der Waals surface area contributed by atoms with Gasteiger partial charge in [-0.15, -0.1) is 11.3 Å². The van der Waals surface area contributed by atoms with Gasteiger partial charge in [0.1, 0.15) is 11.9 Å². The van der Waals surface area contributed by atoms with Gasteiger partial charge in [0, 0.05) is 20.8 Å². The third-order valence-electron chi connectivity index (χ3n) is 2.02. The fraction of sp³-hybridized carbons (Fsp3) is 0.100. The third-order valence-corrected chi connectivity index (χ3v) is 3.57. The topological polar surface area (TPSA) is 23.8 Å². The first-order chi connectivity index (χ1) is 6.77. The van der Waals surface area contributed by atoms with E-state index in [0.717, 1.165) is 4.70 Å². The van der Waals surface area contributed by atoms with Crippen LogP contribution in [0.1, 0.15) is 11.1 Å². The number of nitrogens with zero attached hydrogens (tertiary/aromatic N) is 1. The van der Waals surface area contributed by atoms with E-state index < -0.39 is 0 Å². The van der Waals surface area contributed by atoms with Crippen LogP contribution in [0.4, 0.5) is 4.39 Å². The van der Waals surface area contributed by atoms with Crippen LogP contribution in [-0.4, -0.2) is 0 Å². The monoisotopic (exact) mass is 269 g/mol. The molecule has 0 spiro atoms. The van der Waals surface area contributed by atoms with E-state index in [1.807, 2.05) is 12.1 Å². The van der Waals surface area contributed by atoms with Crippen molar-refractivity contribution in [1.29, 1.82) is 5.26 Å². The van der Waals surface area contributed by atoms with Crippen molar-refractivity contribution in [3.8, 4) is 6.07 Å². The van der Waals surface area contributed by atoms with Gasteiger partial charge in [-0.1, -0.05) is 22.0 Å². The van der Waals surface area contributed by atoms with Crippen molar-refractivity contribution >= 4 is 37.4 Å². The molecule has 0 unspecified atom stereocenters. The van der Waals surface area contributed by atoms with Gasteiger partial charge in [0.25, 0.3) is 0 Å². The number of hydrogen-bond acceptors (Lipinski definition) is 2. The molecule has 0 N–H and O–H groups in total. The second kappa shape index (κ2) is 3.68. The molecule has 1 nitrogen and oxygen atoms in total. The Kier molecular flexibility index (Phi) is 2.53. The lowest BCUT2D eigenvalue weighted by atomic mass is 10.1. The molecule has 0 atom stereocenters. The van der Waals surface area contributed by atoms with Gasteiger partial charge in [-0.3, -0.25) is 0 Å². The Morgan fingerprint density at radius 1 is 1.50 bits per heavy atom. The molecule has 14 heavy (non-hydrogen) atoms. The average molecular weight is 270 g/mol. The van der Waals surface area contributed by atoms with Crippen molar-refractivity contribution in [2.75, 3.05) is 0 Å². The molecule has 0 aliphatic rings. The second-order valence-corrected chi connectivity index (χ2v) is 4.28.